The molecule has 0 aliphatic rings. The molecule has 4 aromatic carbocycles. The van der Waals surface area contributed by atoms with Gasteiger partial charge in [-0.1, -0.05) is 83.9 Å². The van der Waals surface area contributed by atoms with E-state index >= 15 is 0 Å². The number of nitrogens with one attached hydrogen (secondary N) is 1. The number of carbonyl (C=O) groups excluding carboxylic acids is 2. The molecule has 0 saturated heterocycles. The second kappa shape index (κ2) is 15.3. The van der Waals surface area contributed by atoms with E-state index in [9.17, 15) is 18.0 Å². The Labute approximate surface area is 274 Å². The van der Waals surface area contributed by atoms with Crippen molar-refractivity contribution < 1.29 is 22.7 Å². The van der Waals surface area contributed by atoms with Crippen LogP contribution in [0.4, 0.5) is 5.69 Å². The minimum absolute atomic E-state index is 0.00584. The lowest BCUT2D eigenvalue weighted by Crippen LogP contribution is -2.54. The molecule has 0 bridgehead atoms. The summed E-state index contributed by atoms with van der Waals surface area (Å²) in [5.74, 6) is -0.578. The lowest BCUT2D eigenvalue weighted by Gasteiger charge is -2.34. The number of anilines is 1. The molecule has 0 radical (unpaired) electrons. The van der Waals surface area contributed by atoms with Crippen LogP contribution in [0.1, 0.15) is 25.0 Å². The van der Waals surface area contributed by atoms with Crippen LogP contribution >= 0.6 is 23.2 Å². The zero-order chi connectivity index (χ0) is 32.6. The summed E-state index contributed by atoms with van der Waals surface area (Å²) in [6, 6.07) is 27.3. The van der Waals surface area contributed by atoms with Gasteiger partial charge < -0.3 is 15.0 Å². The number of ether oxygens (including phenoxy) is 1. The highest BCUT2D eigenvalue weighted by molar-refractivity contribution is 7.92. The van der Waals surface area contributed by atoms with Crippen molar-refractivity contribution in [3.8, 4) is 5.75 Å². The summed E-state index contributed by atoms with van der Waals surface area (Å²) < 4.78 is 34.5. The fourth-order valence-electron chi connectivity index (χ4n) is 4.78. The first-order chi connectivity index (χ1) is 21.5. The molecule has 4 aromatic rings. The summed E-state index contributed by atoms with van der Waals surface area (Å²) in [4.78, 5) is 29.7. The number of methoxy groups -OCH3 is 1. The summed E-state index contributed by atoms with van der Waals surface area (Å²) in [6.45, 7) is 2.98. The van der Waals surface area contributed by atoms with E-state index in [2.05, 4.69) is 5.32 Å². The SMILES string of the molecule is COc1cccc(N(CC(=O)N(Cc2ccc(Cl)cc2Cl)C(Cc2ccccc2)C(=O)NC(C)C)S(=O)(=O)c2ccccc2)c1. The van der Waals surface area contributed by atoms with Gasteiger partial charge in [0.05, 0.1) is 17.7 Å². The topological polar surface area (TPSA) is 96.0 Å². The smallest absolute Gasteiger partial charge is 0.264 e. The zero-order valence-electron chi connectivity index (χ0n) is 25.2. The lowest BCUT2D eigenvalue weighted by molar-refractivity contribution is -0.140. The Morgan fingerprint density at radius 1 is 0.867 bits per heavy atom. The molecule has 236 valence electrons. The lowest BCUT2D eigenvalue weighted by atomic mass is 10.0. The minimum Gasteiger partial charge on any atom is -0.497 e. The Bertz CT molecular complexity index is 1720. The Balaban J connectivity index is 1.83. The van der Waals surface area contributed by atoms with Gasteiger partial charge in [0.25, 0.3) is 10.0 Å². The Morgan fingerprint density at radius 3 is 2.16 bits per heavy atom. The first-order valence-corrected chi connectivity index (χ1v) is 16.5. The van der Waals surface area contributed by atoms with E-state index in [1.807, 2.05) is 44.2 Å². The molecule has 0 fully saturated rings. The van der Waals surface area contributed by atoms with Crippen LogP contribution in [0.3, 0.4) is 0 Å². The van der Waals surface area contributed by atoms with Crippen LogP contribution in [0.25, 0.3) is 0 Å². The van der Waals surface area contributed by atoms with Crippen LogP contribution in [0.5, 0.6) is 5.75 Å². The van der Waals surface area contributed by atoms with Gasteiger partial charge in [-0.05, 0) is 61.4 Å². The highest BCUT2D eigenvalue weighted by Crippen LogP contribution is 2.29. The van der Waals surface area contributed by atoms with Gasteiger partial charge in [-0.3, -0.25) is 13.9 Å². The van der Waals surface area contributed by atoms with Crippen molar-refractivity contribution in [2.45, 2.75) is 43.8 Å². The predicted octanol–water partition coefficient (Wildman–Crippen LogP) is 6.36. The molecule has 1 atom stereocenters. The van der Waals surface area contributed by atoms with Gasteiger partial charge >= 0.3 is 0 Å². The molecule has 1 N–H and O–H groups in total. The Morgan fingerprint density at radius 2 is 1.53 bits per heavy atom. The first-order valence-electron chi connectivity index (χ1n) is 14.3. The number of nitrogens with zero attached hydrogens (tertiary/aromatic N) is 2. The number of carbonyl (C=O) groups is 2. The zero-order valence-corrected chi connectivity index (χ0v) is 27.5. The monoisotopic (exact) mass is 667 g/mol. The van der Waals surface area contributed by atoms with Gasteiger partial charge in [0.2, 0.25) is 11.8 Å². The number of halogens is 2. The van der Waals surface area contributed by atoms with Crippen LogP contribution in [0.15, 0.2) is 108 Å². The molecule has 4 rings (SSSR count). The van der Waals surface area contributed by atoms with Crippen LogP contribution in [-0.2, 0) is 32.6 Å². The number of rotatable bonds is 13. The van der Waals surface area contributed by atoms with Gasteiger partial charge in [0.15, 0.2) is 0 Å². The van der Waals surface area contributed by atoms with Crippen molar-refractivity contribution in [1.29, 1.82) is 0 Å². The predicted molar refractivity (Wildman–Crippen MR) is 178 cm³/mol. The van der Waals surface area contributed by atoms with Crippen LogP contribution in [-0.4, -0.2) is 50.9 Å². The van der Waals surface area contributed by atoms with Crippen LogP contribution in [0.2, 0.25) is 10.0 Å². The molecule has 0 spiro atoms. The summed E-state index contributed by atoms with van der Waals surface area (Å²) >= 11 is 12.7. The first kappa shape index (κ1) is 33.8. The number of amides is 2. The molecule has 1 unspecified atom stereocenters. The molecule has 2 amide bonds. The molecule has 0 saturated carbocycles. The standard InChI is InChI=1S/C34H35Cl2N3O5S/c1-24(2)37-34(41)32(19-25-11-6-4-7-12-25)38(22-26-17-18-27(35)20-31(26)36)33(40)23-39(28-13-10-14-29(21-28)44-3)45(42,43)30-15-8-5-9-16-30/h4-18,20-21,24,32H,19,22-23H2,1-3H3,(H,37,41). The van der Waals surface area contributed by atoms with E-state index in [0.29, 0.717) is 21.4 Å². The highest BCUT2D eigenvalue weighted by Gasteiger charge is 2.35. The normalized spacial score (nSPS) is 12.0. The fraction of sp³-hybridized carbons (Fsp3) is 0.235. The Hall–Kier alpha value is -4.05. The Kier molecular flexibility index (Phi) is 11.5. The maximum atomic E-state index is 14.5. The molecule has 45 heavy (non-hydrogen) atoms. The van der Waals surface area contributed by atoms with Gasteiger partial charge in [0, 0.05) is 35.1 Å². The van der Waals surface area contributed by atoms with E-state index in [4.69, 9.17) is 27.9 Å². The quantitative estimate of drug-likeness (QED) is 0.179. The van der Waals surface area contributed by atoms with Crippen molar-refractivity contribution in [3.05, 3.63) is 124 Å². The van der Waals surface area contributed by atoms with E-state index in [-0.39, 0.29) is 35.5 Å². The van der Waals surface area contributed by atoms with Crippen molar-refractivity contribution >= 4 is 50.7 Å². The van der Waals surface area contributed by atoms with Gasteiger partial charge in [-0.25, -0.2) is 8.42 Å². The number of hydrogen-bond acceptors (Lipinski definition) is 5. The third kappa shape index (κ3) is 8.78. The average Bonchev–Trinajstić information content (AvgIpc) is 3.02. The summed E-state index contributed by atoms with van der Waals surface area (Å²) in [7, 11) is -2.76. The summed E-state index contributed by atoms with van der Waals surface area (Å²) in [5.41, 5.74) is 1.59. The van der Waals surface area contributed by atoms with Crippen LogP contribution < -0.4 is 14.4 Å². The minimum atomic E-state index is -4.23. The van der Waals surface area contributed by atoms with Gasteiger partial charge in [0.1, 0.15) is 18.3 Å². The molecule has 0 aliphatic carbocycles. The molecular formula is C34H35Cl2N3O5S. The molecular weight excluding hydrogens is 633 g/mol. The second-order valence-electron chi connectivity index (χ2n) is 10.7. The summed E-state index contributed by atoms with van der Waals surface area (Å²) in [5, 5.41) is 3.65. The van der Waals surface area contributed by atoms with E-state index < -0.39 is 28.5 Å². The molecule has 0 heterocycles. The number of benzene rings is 4. The maximum absolute atomic E-state index is 14.5. The van der Waals surface area contributed by atoms with Gasteiger partial charge in [-0.15, -0.1) is 0 Å². The van der Waals surface area contributed by atoms with E-state index in [1.54, 1.807) is 60.7 Å². The fourth-order valence-corrected chi connectivity index (χ4v) is 6.68. The second-order valence-corrected chi connectivity index (χ2v) is 13.4. The summed E-state index contributed by atoms with van der Waals surface area (Å²) in [6.07, 6.45) is 0.181. The van der Waals surface area contributed by atoms with Crippen molar-refractivity contribution in [2.24, 2.45) is 0 Å². The third-order valence-electron chi connectivity index (χ3n) is 7.01. The largest absolute Gasteiger partial charge is 0.497 e. The van der Waals surface area contributed by atoms with Crippen LogP contribution in [0, 0.1) is 0 Å². The number of sulfonamides is 1. The van der Waals surface area contributed by atoms with Crippen molar-refractivity contribution in [3.63, 3.8) is 0 Å². The van der Waals surface area contributed by atoms with E-state index in [1.165, 1.54) is 24.1 Å². The third-order valence-corrected chi connectivity index (χ3v) is 9.38. The van der Waals surface area contributed by atoms with E-state index in [0.717, 1.165) is 9.87 Å². The number of hydrogen-bond donors (Lipinski definition) is 1. The molecule has 0 aromatic heterocycles. The van der Waals surface area contributed by atoms with Crippen molar-refractivity contribution in [1.82, 2.24) is 10.2 Å². The highest BCUT2D eigenvalue weighted by atomic mass is 35.5. The van der Waals surface area contributed by atoms with Gasteiger partial charge in [-0.2, -0.15) is 0 Å². The van der Waals surface area contributed by atoms with Crippen molar-refractivity contribution in [2.75, 3.05) is 18.0 Å². The molecule has 11 heteroatoms. The maximum Gasteiger partial charge on any atom is 0.264 e. The average molecular weight is 669 g/mol. The molecule has 0 aliphatic heterocycles. The molecule has 8 nitrogen and oxygen atoms in total.